The lowest BCUT2D eigenvalue weighted by Gasteiger charge is -2.47. The Labute approximate surface area is 165 Å². The standard InChI is InChI=1S/C23H25FN2O2/c1-17-15-23(10-9-22(27)26(23)20-7-4-6-19(24)14-20)11-12-25(17)16-18-5-3-8-21(13-18)28-2/h3-10,13-14,17H,11-12,15-16H2,1-2H3/t17-,23+/m1/s1. The molecule has 2 aliphatic heterocycles. The average Bonchev–Trinajstić information content (AvgIpc) is 3.00. The van der Waals surface area contributed by atoms with Crippen LogP contribution in [0.25, 0.3) is 0 Å². The van der Waals surface area contributed by atoms with Crippen molar-refractivity contribution in [3.05, 3.63) is 72.1 Å². The minimum Gasteiger partial charge on any atom is -0.497 e. The second-order valence-electron chi connectivity index (χ2n) is 7.72. The van der Waals surface area contributed by atoms with E-state index in [2.05, 4.69) is 24.0 Å². The smallest absolute Gasteiger partial charge is 0.251 e. The summed E-state index contributed by atoms with van der Waals surface area (Å²) in [5.41, 5.74) is 1.46. The molecule has 0 N–H and O–H groups in total. The van der Waals surface area contributed by atoms with Crippen molar-refractivity contribution in [3.8, 4) is 5.75 Å². The normalized spacial score (nSPS) is 24.9. The van der Waals surface area contributed by atoms with Crippen molar-refractivity contribution in [2.24, 2.45) is 0 Å². The summed E-state index contributed by atoms with van der Waals surface area (Å²) >= 11 is 0. The molecule has 1 spiro atoms. The molecule has 0 aliphatic carbocycles. The van der Waals surface area contributed by atoms with E-state index in [-0.39, 0.29) is 23.3 Å². The van der Waals surface area contributed by atoms with Gasteiger partial charge in [-0.05, 0) is 55.7 Å². The van der Waals surface area contributed by atoms with Gasteiger partial charge in [-0.25, -0.2) is 4.39 Å². The highest BCUT2D eigenvalue weighted by atomic mass is 19.1. The van der Waals surface area contributed by atoms with Gasteiger partial charge in [0.2, 0.25) is 0 Å². The van der Waals surface area contributed by atoms with Crippen LogP contribution in [0.15, 0.2) is 60.7 Å². The van der Waals surface area contributed by atoms with E-state index in [1.165, 1.54) is 17.7 Å². The minimum atomic E-state index is -0.380. The van der Waals surface area contributed by atoms with E-state index in [4.69, 9.17) is 4.74 Å². The van der Waals surface area contributed by atoms with Crippen LogP contribution in [0.5, 0.6) is 5.75 Å². The zero-order chi connectivity index (χ0) is 19.7. The summed E-state index contributed by atoms with van der Waals surface area (Å²) in [6.07, 6.45) is 5.28. The van der Waals surface area contributed by atoms with E-state index in [0.717, 1.165) is 31.7 Å². The van der Waals surface area contributed by atoms with Crippen LogP contribution in [0.4, 0.5) is 10.1 Å². The number of nitrogens with zero attached hydrogens (tertiary/aromatic N) is 2. The van der Waals surface area contributed by atoms with Crippen LogP contribution in [0.3, 0.4) is 0 Å². The molecule has 2 aliphatic rings. The highest BCUT2D eigenvalue weighted by molar-refractivity contribution is 6.06. The first-order valence-corrected chi connectivity index (χ1v) is 9.67. The third kappa shape index (κ3) is 3.42. The number of hydrogen-bond donors (Lipinski definition) is 0. The number of benzene rings is 2. The van der Waals surface area contributed by atoms with E-state index in [1.54, 1.807) is 24.2 Å². The van der Waals surface area contributed by atoms with Gasteiger partial charge in [0.05, 0.1) is 12.6 Å². The lowest BCUT2D eigenvalue weighted by Crippen LogP contribution is -2.56. The lowest BCUT2D eigenvalue weighted by atomic mass is 9.82. The highest BCUT2D eigenvalue weighted by Gasteiger charge is 2.46. The summed E-state index contributed by atoms with van der Waals surface area (Å²) in [4.78, 5) is 16.8. The highest BCUT2D eigenvalue weighted by Crippen LogP contribution is 2.40. The van der Waals surface area contributed by atoms with Crippen molar-refractivity contribution in [2.45, 2.75) is 37.9 Å². The number of likely N-dealkylation sites (tertiary alicyclic amines) is 1. The van der Waals surface area contributed by atoms with Crippen LogP contribution in [0, 0.1) is 5.82 Å². The first-order chi connectivity index (χ1) is 13.5. The first-order valence-electron chi connectivity index (χ1n) is 9.67. The number of anilines is 1. The summed E-state index contributed by atoms with van der Waals surface area (Å²) < 4.78 is 19.1. The van der Waals surface area contributed by atoms with Gasteiger partial charge in [-0.3, -0.25) is 14.6 Å². The fraction of sp³-hybridized carbons (Fsp3) is 0.348. The van der Waals surface area contributed by atoms with Crippen LogP contribution >= 0.6 is 0 Å². The van der Waals surface area contributed by atoms with Gasteiger partial charge < -0.3 is 4.74 Å². The summed E-state index contributed by atoms with van der Waals surface area (Å²) in [6.45, 7) is 3.90. The van der Waals surface area contributed by atoms with E-state index >= 15 is 0 Å². The molecule has 1 fully saturated rings. The number of amides is 1. The Morgan fingerprint density at radius 2 is 2.04 bits per heavy atom. The monoisotopic (exact) mass is 380 g/mol. The number of methoxy groups -OCH3 is 1. The number of hydrogen-bond acceptors (Lipinski definition) is 3. The van der Waals surface area contributed by atoms with Gasteiger partial charge in [0.1, 0.15) is 11.6 Å². The van der Waals surface area contributed by atoms with Crippen molar-refractivity contribution in [1.29, 1.82) is 0 Å². The molecule has 4 nitrogen and oxygen atoms in total. The Hall–Kier alpha value is -2.66. The zero-order valence-electron chi connectivity index (χ0n) is 16.3. The maximum absolute atomic E-state index is 13.8. The SMILES string of the molecule is COc1cccc(CN2CC[C@@]3(C=CC(=O)N3c3cccc(F)c3)C[C@H]2C)c1. The quantitative estimate of drug-likeness (QED) is 0.798. The molecule has 4 rings (SSSR count). The van der Waals surface area contributed by atoms with E-state index in [9.17, 15) is 9.18 Å². The van der Waals surface area contributed by atoms with Crippen molar-refractivity contribution in [1.82, 2.24) is 4.90 Å². The number of carbonyl (C=O) groups is 1. The molecule has 0 bridgehead atoms. The largest absolute Gasteiger partial charge is 0.497 e. The predicted octanol–water partition coefficient (Wildman–Crippen LogP) is 4.16. The van der Waals surface area contributed by atoms with Gasteiger partial charge in [-0.1, -0.05) is 24.3 Å². The zero-order valence-corrected chi connectivity index (χ0v) is 16.3. The molecular formula is C23H25FN2O2. The maximum Gasteiger partial charge on any atom is 0.251 e. The van der Waals surface area contributed by atoms with Crippen LogP contribution in [-0.4, -0.2) is 36.0 Å². The van der Waals surface area contributed by atoms with E-state index in [1.807, 2.05) is 24.3 Å². The summed E-state index contributed by atoms with van der Waals surface area (Å²) in [7, 11) is 1.68. The summed E-state index contributed by atoms with van der Waals surface area (Å²) in [5.74, 6) is 0.468. The number of carbonyl (C=O) groups excluding carboxylic acids is 1. The molecule has 0 radical (unpaired) electrons. The third-order valence-electron chi connectivity index (χ3n) is 5.89. The van der Waals surface area contributed by atoms with Crippen LogP contribution in [0.2, 0.25) is 0 Å². The first kappa shape index (κ1) is 18.7. The van der Waals surface area contributed by atoms with Gasteiger partial charge in [0, 0.05) is 30.9 Å². The number of ether oxygens (including phenoxy) is 1. The molecular weight excluding hydrogens is 355 g/mol. The van der Waals surface area contributed by atoms with Crippen molar-refractivity contribution in [3.63, 3.8) is 0 Å². The fourth-order valence-corrected chi connectivity index (χ4v) is 4.49. The third-order valence-corrected chi connectivity index (χ3v) is 5.89. The predicted molar refractivity (Wildman–Crippen MR) is 108 cm³/mol. The summed E-state index contributed by atoms with van der Waals surface area (Å²) in [6, 6.07) is 14.7. The molecule has 5 heteroatoms. The molecule has 0 saturated carbocycles. The second-order valence-corrected chi connectivity index (χ2v) is 7.72. The van der Waals surface area contributed by atoms with E-state index in [0.29, 0.717) is 5.69 Å². The molecule has 2 aromatic rings. The number of piperidine rings is 1. The van der Waals surface area contributed by atoms with E-state index < -0.39 is 0 Å². The fourth-order valence-electron chi connectivity index (χ4n) is 4.49. The Kier molecular flexibility index (Phi) is 4.94. The Morgan fingerprint density at radius 1 is 1.21 bits per heavy atom. The van der Waals surface area contributed by atoms with Crippen molar-refractivity contribution in [2.75, 3.05) is 18.6 Å². The Bertz CT molecular complexity index is 913. The molecule has 1 amide bonds. The summed E-state index contributed by atoms with van der Waals surface area (Å²) in [5, 5.41) is 0. The molecule has 0 aromatic heterocycles. The molecule has 28 heavy (non-hydrogen) atoms. The maximum atomic E-state index is 13.8. The molecule has 1 saturated heterocycles. The Morgan fingerprint density at radius 3 is 2.79 bits per heavy atom. The van der Waals surface area contributed by atoms with Crippen molar-refractivity contribution >= 4 is 11.6 Å². The van der Waals surface area contributed by atoms with Crippen LogP contribution in [0.1, 0.15) is 25.3 Å². The van der Waals surface area contributed by atoms with Gasteiger partial charge in [0.25, 0.3) is 5.91 Å². The topological polar surface area (TPSA) is 32.8 Å². The average molecular weight is 380 g/mol. The minimum absolute atomic E-state index is 0.0703. The Balaban J connectivity index is 1.53. The number of rotatable bonds is 4. The molecule has 2 atom stereocenters. The van der Waals surface area contributed by atoms with Crippen LogP contribution in [-0.2, 0) is 11.3 Å². The molecule has 0 unspecified atom stereocenters. The molecule has 2 aromatic carbocycles. The van der Waals surface area contributed by atoms with Crippen molar-refractivity contribution < 1.29 is 13.9 Å². The van der Waals surface area contributed by atoms with Gasteiger partial charge in [-0.2, -0.15) is 0 Å². The molecule has 146 valence electrons. The molecule has 2 heterocycles. The van der Waals surface area contributed by atoms with Gasteiger partial charge in [0.15, 0.2) is 0 Å². The number of halogens is 1. The van der Waals surface area contributed by atoms with Gasteiger partial charge >= 0.3 is 0 Å². The van der Waals surface area contributed by atoms with Gasteiger partial charge in [-0.15, -0.1) is 0 Å². The lowest BCUT2D eigenvalue weighted by molar-refractivity contribution is -0.114. The second kappa shape index (κ2) is 7.40. The van der Waals surface area contributed by atoms with Crippen LogP contribution < -0.4 is 9.64 Å².